The van der Waals surface area contributed by atoms with Crippen LogP contribution in [0.25, 0.3) is 0 Å². The number of rotatable bonds is 4. The zero-order valence-corrected chi connectivity index (χ0v) is 11.3. The fourth-order valence-electron chi connectivity index (χ4n) is 1.89. The van der Waals surface area contributed by atoms with Gasteiger partial charge in [0.05, 0.1) is 5.56 Å². The first-order valence-corrected chi connectivity index (χ1v) is 6.37. The van der Waals surface area contributed by atoms with Crippen molar-refractivity contribution < 1.29 is 22.7 Å². The fraction of sp³-hybridized carbons (Fsp3) is 0.188. The van der Waals surface area contributed by atoms with E-state index in [-0.39, 0.29) is 11.3 Å². The normalized spacial score (nSPS) is 11.2. The van der Waals surface area contributed by atoms with Gasteiger partial charge in [0.2, 0.25) is 0 Å². The second-order valence-electron chi connectivity index (χ2n) is 4.47. The minimum atomic E-state index is -4.59. The third-order valence-corrected chi connectivity index (χ3v) is 2.98. The van der Waals surface area contributed by atoms with E-state index in [9.17, 15) is 18.0 Å². The summed E-state index contributed by atoms with van der Waals surface area (Å²) in [7, 11) is 0. The Morgan fingerprint density at radius 1 is 1.14 bits per heavy atom. The molecule has 5 heteroatoms. The van der Waals surface area contributed by atoms with Crippen LogP contribution in [-0.4, -0.2) is 6.29 Å². The van der Waals surface area contributed by atoms with E-state index in [2.05, 4.69) is 0 Å². The Kier molecular flexibility index (Phi) is 4.31. The maximum atomic E-state index is 13.0. The number of alkyl halides is 3. The smallest absolute Gasteiger partial charge is 0.420 e. The molecule has 0 aliphatic rings. The lowest BCUT2D eigenvalue weighted by molar-refractivity contribution is -0.138. The van der Waals surface area contributed by atoms with Gasteiger partial charge in [0.1, 0.15) is 17.8 Å². The number of hydrogen-bond donors (Lipinski definition) is 0. The number of carbonyl (C=O) groups excluding carboxylic acids is 1. The Morgan fingerprint density at radius 3 is 2.52 bits per heavy atom. The third-order valence-electron chi connectivity index (χ3n) is 2.98. The van der Waals surface area contributed by atoms with Gasteiger partial charge in [-0.05, 0) is 42.3 Å². The van der Waals surface area contributed by atoms with E-state index < -0.39 is 11.7 Å². The summed E-state index contributed by atoms with van der Waals surface area (Å²) in [6.45, 7) is 1.94. The van der Waals surface area contributed by atoms with Crippen molar-refractivity contribution in [2.24, 2.45) is 0 Å². The van der Waals surface area contributed by atoms with Gasteiger partial charge in [-0.2, -0.15) is 13.2 Å². The van der Waals surface area contributed by atoms with Crippen LogP contribution in [0, 0.1) is 0 Å². The number of aryl methyl sites for hydroxylation is 1. The van der Waals surface area contributed by atoms with Gasteiger partial charge >= 0.3 is 6.18 Å². The minimum absolute atomic E-state index is 0.0445. The molecule has 0 saturated heterocycles. The van der Waals surface area contributed by atoms with E-state index in [1.165, 1.54) is 6.07 Å². The fourth-order valence-corrected chi connectivity index (χ4v) is 1.89. The van der Waals surface area contributed by atoms with Crippen molar-refractivity contribution in [1.82, 2.24) is 0 Å². The second-order valence-corrected chi connectivity index (χ2v) is 4.47. The molecule has 0 aliphatic carbocycles. The zero-order valence-electron chi connectivity index (χ0n) is 11.3. The summed E-state index contributed by atoms with van der Waals surface area (Å²) in [5.41, 5.74) is -0.0449. The van der Waals surface area contributed by atoms with E-state index in [0.29, 0.717) is 12.0 Å². The van der Waals surface area contributed by atoms with Crippen LogP contribution in [0.5, 0.6) is 11.5 Å². The van der Waals surface area contributed by atoms with Crippen LogP contribution in [0.15, 0.2) is 42.5 Å². The van der Waals surface area contributed by atoms with Crippen LogP contribution in [0.3, 0.4) is 0 Å². The molecule has 110 valence electrons. The van der Waals surface area contributed by atoms with Crippen molar-refractivity contribution in [2.45, 2.75) is 19.5 Å². The maximum Gasteiger partial charge on any atom is 0.420 e. The highest BCUT2D eigenvalue weighted by Gasteiger charge is 2.34. The predicted molar refractivity (Wildman–Crippen MR) is 72.7 cm³/mol. The molecular weight excluding hydrogens is 281 g/mol. The first kappa shape index (κ1) is 15.1. The monoisotopic (exact) mass is 294 g/mol. The van der Waals surface area contributed by atoms with Gasteiger partial charge in [-0.25, -0.2) is 0 Å². The molecule has 0 atom stereocenters. The number of aldehydes is 1. The Hall–Kier alpha value is -2.30. The third kappa shape index (κ3) is 3.62. The molecule has 0 spiro atoms. The van der Waals surface area contributed by atoms with E-state index >= 15 is 0 Å². The maximum absolute atomic E-state index is 13.0. The number of carbonyl (C=O) groups is 1. The average Bonchev–Trinajstić information content (AvgIpc) is 2.46. The molecule has 0 amide bonds. The molecule has 0 fully saturated rings. The molecule has 0 heterocycles. The van der Waals surface area contributed by atoms with Crippen LogP contribution in [0.2, 0.25) is 0 Å². The molecule has 0 radical (unpaired) electrons. The van der Waals surface area contributed by atoms with Gasteiger partial charge in [0.15, 0.2) is 0 Å². The summed E-state index contributed by atoms with van der Waals surface area (Å²) < 4.78 is 44.4. The molecule has 2 aromatic carbocycles. The van der Waals surface area contributed by atoms with Gasteiger partial charge in [-0.3, -0.25) is 4.79 Å². The molecule has 0 saturated carbocycles. The standard InChI is InChI=1S/C16H13F3O2/c1-2-11-4-3-5-13(8-11)21-15-7-6-12(10-20)9-14(15)16(17,18)19/h3-10H,2H2,1H3. The Labute approximate surface area is 120 Å². The molecule has 0 aliphatic heterocycles. The average molecular weight is 294 g/mol. The van der Waals surface area contributed by atoms with Crippen molar-refractivity contribution in [1.29, 1.82) is 0 Å². The summed E-state index contributed by atoms with van der Waals surface area (Å²) in [6.07, 6.45) is -3.46. The summed E-state index contributed by atoms with van der Waals surface area (Å²) in [5.74, 6) is 0.0139. The van der Waals surface area contributed by atoms with E-state index in [4.69, 9.17) is 4.74 Å². The molecule has 2 rings (SSSR count). The number of ether oxygens (including phenoxy) is 1. The van der Waals surface area contributed by atoms with Crippen molar-refractivity contribution in [3.05, 3.63) is 59.2 Å². The van der Waals surface area contributed by atoms with Gasteiger partial charge in [0, 0.05) is 5.56 Å². The molecule has 0 unspecified atom stereocenters. The molecule has 21 heavy (non-hydrogen) atoms. The summed E-state index contributed by atoms with van der Waals surface area (Å²) in [5, 5.41) is 0. The zero-order chi connectivity index (χ0) is 15.5. The Balaban J connectivity index is 2.41. The summed E-state index contributed by atoms with van der Waals surface area (Å²) >= 11 is 0. The van der Waals surface area contributed by atoms with Gasteiger partial charge in [0.25, 0.3) is 0 Å². The first-order chi connectivity index (χ1) is 9.94. The Morgan fingerprint density at radius 2 is 1.90 bits per heavy atom. The quantitative estimate of drug-likeness (QED) is 0.752. The minimum Gasteiger partial charge on any atom is -0.457 e. The van der Waals surface area contributed by atoms with E-state index in [1.807, 2.05) is 13.0 Å². The summed E-state index contributed by atoms with van der Waals surface area (Å²) in [4.78, 5) is 10.6. The second kappa shape index (κ2) is 5.99. The van der Waals surface area contributed by atoms with Crippen LogP contribution >= 0.6 is 0 Å². The van der Waals surface area contributed by atoms with Gasteiger partial charge in [-0.1, -0.05) is 19.1 Å². The molecule has 0 N–H and O–H groups in total. The lowest BCUT2D eigenvalue weighted by atomic mass is 10.1. The van der Waals surface area contributed by atoms with Gasteiger partial charge < -0.3 is 4.74 Å². The lowest BCUT2D eigenvalue weighted by Gasteiger charge is -2.14. The topological polar surface area (TPSA) is 26.3 Å². The lowest BCUT2D eigenvalue weighted by Crippen LogP contribution is -2.08. The highest BCUT2D eigenvalue weighted by Crippen LogP contribution is 2.38. The van der Waals surface area contributed by atoms with Crippen LogP contribution in [0.4, 0.5) is 13.2 Å². The number of benzene rings is 2. The van der Waals surface area contributed by atoms with E-state index in [1.54, 1.807) is 18.2 Å². The largest absolute Gasteiger partial charge is 0.457 e. The highest BCUT2D eigenvalue weighted by atomic mass is 19.4. The molecule has 2 nitrogen and oxygen atoms in total. The first-order valence-electron chi connectivity index (χ1n) is 6.37. The summed E-state index contributed by atoms with van der Waals surface area (Å²) in [6, 6.07) is 10.1. The van der Waals surface area contributed by atoms with Crippen molar-refractivity contribution >= 4 is 6.29 Å². The van der Waals surface area contributed by atoms with Crippen LogP contribution in [-0.2, 0) is 12.6 Å². The SMILES string of the molecule is CCc1cccc(Oc2ccc(C=O)cc2C(F)(F)F)c1. The number of halogens is 3. The molecule has 2 aromatic rings. The van der Waals surface area contributed by atoms with Crippen molar-refractivity contribution in [2.75, 3.05) is 0 Å². The van der Waals surface area contributed by atoms with Gasteiger partial charge in [-0.15, -0.1) is 0 Å². The van der Waals surface area contributed by atoms with Crippen LogP contribution < -0.4 is 4.74 Å². The number of hydrogen-bond acceptors (Lipinski definition) is 2. The molecule has 0 aromatic heterocycles. The van der Waals surface area contributed by atoms with E-state index in [0.717, 1.165) is 24.1 Å². The van der Waals surface area contributed by atoms with Crippen molar-refractivity contribution in [3.63, 3.8) is 0 Å². The molecule has 0 bridgehead atoms. The molecular formula is C16H13F3O2. The predicted octanol–water partition coefficient (Wildman–Crippen LogP) is 4.87. The van der Waals surface area contributed by atoms with Crippen LogP contribution in [0.1, 0.15) is 28.4 Å². The Bertz CT molecular complexity index is 648. The van der Waals surface area contributed by atoms with Crippen molar-refractivity contribution in [3.8, 4) is 11.5 Å². The highest BCUT2D eigenvalue weighted by molar-refractivity contribution is 5.75.